The van der Waals surface area contributed by atoms with Crippen molar-refractivity contribution in [1.29, 1.82) is 5.41 Å². The van der Waals surface area contributed by atoms with Crippen molar-refractivity contribution < 1.29 is 0 Å². The molecule has 0 radical (unpaired) electrons. The monoisotopic (exact) mass is 126 g/mol. The maximum Gasteiger partial charge on any atom is 0.0409 e. The number of rotatable bonds is 2. The van der Waals surface area contributed by atoms with Gasteiger partial charge in [0.05, 0.1) is 0 Å². The Kier molecular flexibility index (Phi) is 1.75. The second-order valence-electron chi connectivity index (χ2n) is 1.39. The van der Waals surface area contributed by atoms with Crippen molar-refractivity contribution in [2.24, 2.45) is 0 Å². The van der Waals surface area contributed by atoms with Crippen molar-refractivity contribution in [3.05, 3.63) is 17.1 Å². The zero-order chi connectivity index (χ0) is 5.82. The molecule has 0 unspecified atom stereocenters. The van der Waals surface area contributed by atoms with Crippen molar-refractivity contribution in [3.63, 3.8) is 0 Å². The van der Waals surface area contributed by atoms with Gasteiger partial charge in [-0.15, -0.1) is 0 Å². The summed E-state index contributed by atoms with van der Waals surface area (Å²) in [5.74, 6) is 0. The SMILES string of the molecule is N=CCc1ccns1. The first-order valence-corrected chi connectivity index (χ1v) is 3.09. The van der Waals surface area contributed by atoms with Crippen molar-refractivity contribution in [2.75, 3.05) is 0 Å². The second kappa shape index (κ2) is 2.57. The van der Waals surface area contributed by atoms with E-state index >= 15 is 0 Å². The highest BCUT2D eigenvalue weighted by Crippen LogP contribution is 2.02. The lowest BCUT2D eigenvalue weighted by Gasteiger charge is -1.78. The van der Waals surface area contributed by atoms with E-state index in [1.54, 1.807) is 6.20 Å². The van der Waals surface area contributed by atoms with E-state index in [-0.39, 0.29) is 0 Å². The van der Waals surface area contributed by atoms with Gasteiger partial charge in [0.25, 0.3) is 0 Å². The topological polar surface area (TPSA) is 36.7 Å². The highest BCUT2D eigenvalue weighted by atomic mass is 32.1. The summed E-state index contributed by atoms with van der Waals surface area (Å²) >= 11 is 1.45. The Morgan fingerprint density at radius 3 is 3.25 bits per heavy atom. The first-order valence-electron chi connectivity index (χ1n) is 2.32. The molecule has 0 atom stereocenters. The molecule has 0 fully saturated rings. The highest BCUT2D eigenvalue weighted by molar-refractivity contribution is 7.05. The van der Waals surface area contributed by atoms with Gasteiger partial charge in [-0.3, -0.25) is 0 Å². The summed E-state index contributed by atoms with van der Waals surface area (Å²) in [7, 11) is 0. The van der Waals surface area contributed by atoms with Gasteiger partial charge < -0.3 is 5.41 Å². The maximum absolute atomic E-state index is 6.73. The van der Waals surface area contributed by atoms with Crippen LogP contribution in [0.5, 0.6) is 0 Å². The summed E-state index contributed by atoms with van der Waals surface area (Å²) < 4.78 is 3.88. The molecule has 3 heteroatoms. The molecule has 1 heterocycles. The molecule has 0 aliphatic rings. The number of hydrogen-bond acceptors (Lipinski definition) is 3. The molecule has 0 aromatic carbocycles. The minimum absolute atomic E-state index is 0.727. The van der Waals surface area contributed by atoms with Gasteiger partial charge in [-0.1, -0.05) is 0 Å². The van der Waals surface area contributed by atoms with E-state index in [0.29, 0.717) is 0 Å². The molecule has 1 aromatic rings. The average molecular weight is 126 g/mol. The molecule has 2 nitrogen and oxygen atoms in total. The molecule has 0 aliphatic carbocycles. The molecular formula is C5H6N2S. The zero-order valence-electron chi connectivity index (χ0n) is 4.29. The van der Waals surface area contributed by atoms with Gasteiger partial charge in [0, 0.05) is 23.7 Å². The summed E-state index contributed by atoms with van der Waals surface area (Å²) in [5.41, 5.74) is 0. The van der Waals surface area contributed by atoms with Crippen LogP contribution in [0, 0.1) is 5.41 Å². The van der Waals surface area contributed by atoms with Gasteiger partial charge >= 0.3 is 0 Å². The molecule has 42 valence electrons. The van der Waals surface area contributed by atoms with E-state index in [0.717, 1.165) is 11.3 Å². The lowest BCUT2D eigenvalue weighted by atomic mass is 10.4. The highest BCUT2D eigenvalue weighted by Gasteiger charge is 1.87. The Morgan fingerprint density at radius 2 is 2.75 bits per heavy atom. The van der Waals surface area contributed by atoms with Gasteiger partial charge in [-0.25, -0.2) is 4.37 Å². The predicted octanol–water partition coefficient (Wildman–Crippen LogP) is 1.34. The molecule has 0 bridgehead atoms. The van der Waals surface area contributed by atoms with E-state index in [1.165, 1.54) is 17.7 Å². The smallest absolute Gasteiger partial charge is 0.0409 e. The normalized spacial score (nSPS) is 9.00. The van der Waals surface area contributed by atoms with E-state index < -0.39 is 0 Å². The fourth-order valence-electron chi connectivity index (χ4n) is 0.448. The van der Waals surface area contributed by atoms with Gasteiger partial charge in [-0.2, -0.15) is 0 Å². The minimum atomic E-state index is 0.727. The Balaban J connectivity index is 2.62. The molecule has 8 heavy (non-hydrogen) atoms. The lowest BCUT2D eigenvalue weighted by molar-refractivity contribution is 1.40. The molecule has 0 amide bonds. The van der Waals surface area contributed by atoms with E-state index in [1.807, 2.05) is 6.07 Å². The van der Waals surface area contributed by atoms with Crippen molar-refractivity contribution >= 4 is 17.7 Å². The van der Waals surface area contributed by atoms with Crippen LogP contribution in [0.15, 0.2) is 12.3 Å². The van der Waals surface area contributed by atoms with Gasteiger partial charge in [0.1, 0.15) is 0 Å². The third-order valence-corrected chi connectivity index (χ3v) is 1.56. The number of aromatic nitrogens is 1. The first kappa shape index (κ1) is 5.44. The zero-order valence-corrected chi connectivity index (χ0v) is 5.11. The number of nitrogens with one attached hydrogen (secondary N) is 1. The van der Waals surface area contributed by atoms with Crippen LogP contribution >= 0.6 is 11.5 Å². The molecule has 0 saturated carbocycles. The Hall–Kier alpha value is -0.700. The Morgan fingerprint density at radius 1 is 1.88 bits per heavy atom. The van der Waals surface area contributed by atoms with Crippen LogP contribution in [0.25, 0.3) is 0 Å². The van der Waals surface area contributed by atoms with Gasteiger partial charge in [-0.05, 0) is 17.6 Å². The standard InChI is InChI=1S/C5H6N2S/c6-3-1-5-2-4-7-8-5/h2-4,6H,1H2. The quantitative estimate of drug-likeness (QED) is 0.596. The summed E-state index contributed by atoms with van der Waals surface area (Å²) in [6.45, 7) is 0. The van der Waals surface area contributed by atoms with Crippen LogP contribution < -0.4 is 0 Å². The summed E-state index contributed by atoms with van der Waals surface area (Å²) in [6, 6.07) is 1.93. The molecule has 1 aromatic heterocycles. The van der Waals surface area contributed by atoms with Crippen LogP contribution in [0.1, 0.15) is 4.88 Å². The van der Waals surface area contributed by atoms with Crippen molar-refractivity contribution in [2.45, 2.75) is 6.42 Å². The molecule has 1 N–H and O–H groups in total. The van der Waals surface area contributed by atoms with Crippen LogP contribution in [-0.2, 0) is 6.42 Å². The lowest BCUT2D eigenvalue weighted by Crippen LogP contribution is -1.75. The third-order valence-electron chi connectivity index (χ3n) is 0.794. The predicted molar refractivity (Wildman–Crippen MR) is 34.6 cm³/mol. The van der Waals surface area contributed by atoms with Crippen LogP contribution in [-0.4, -0.2) is 10.6 Å². The Bertz CT molecular complexity index is 157. The third kappa shape index (κ3) is 1.13. The average Bonchev–Trinajstić information content (AvgIpc) is 2.19. The van der Waals surface area contributed by atoms with Gasteiger partial charge in [0.2, 0.25) is 0 Å². The Labute approximate surface area is 51.8 Å². The summed E-state index contributed by atoms with van der Waals surface area (Å²) in [4.78, 5) is 1.15. The largest absolute Gasteiger partial charge is 0.313 e. The van der Waals surface area contributed by atoms with E-state index in [4.69, 9.17) is 5.41 Å². The van der Waals surface area contributed by atoms with E-state index in [2.05, 4.69) is 4.37 Å². The molecule has 1 rings (SSSR count). The molecular weight excluding hydrogens is 120 g/mol. The van der Waals surface area contributed by atoms with E-state index in [9.17, 15) is 0 Å². The van der Waals surface area contributed by atoms with Gasteiger partial charge in [0.15, 0.2) is 0 Å². The number of nitrogens with zero attached hydrogens (tertiary/aromatic N) is 1. The summed E-state index contributed by atoms with van der Waals surface area (Å²) in [5, 5.41) is 6.73. The van der Waals surface area contributed by atoms with Crippen LogP contribution in [0.4, 0.5) is 0 Å². The van der Waals surface area contributed by atoms with Crippen molar-refractivity contribution in [3.8, 4) is 0 Å². The molecule has 0 aliphatic heterocycles. The maximum atomic E-state index is 6.73. The molecule has 0 saturated heterocycles. The number of hydrogen-bond donors (Lipinski definition) is 1. The fraction of sp³-hybridized carbons (Fsp3) is 0.200. The molecule has 0 spiro atoms. The minimum Gasteiger partial charge on any atom is -0.313 e. The first-order chi connectivity index (χ1) is 3.93. The van der Waals surface area contributed by atoms with Crippen LogP contribution in [0.2, 0.25) is 0 Å². The fourth-order valence-corrected chi connectivity index (χ4v) is 0.985. The second-order valence-corrected chi connectivity index (χ2v) is 2.30. The summed E-state index contributed by atoms with van der Waals surface area (Å²) in [6.07, 6.45) is 3.86. The van der Waals surface area contributed by atoms with Crippen LogP contribution in [0.3, 0.4) is 0 Å². The van der Waals surface area contributed by atoms with Crippen molar-refractivity contribution in [1.82, 2.24) is 4.37 Å².